The molecule has 0 bridgehead atoms. The predicted molar refractivity (Wildman–Crippen MR) is 94.7 cm³/mol. The summed E-state index contributed by atoms with van der Waals surface area (Å²) in [7, 11) is 2.00. The zero-order chi connectivity index (χ0) is 16.4. The molecule has 118 valence electrons. The van der Waals surface area contributed by atoms with Crippen molar-refractivity contribution in [1.82, 2.24) is 9.88 Å². The van der Waals surface area contributed by atoms with Gasteiger partial charge >= 0.3 is 0 Å². The highest BCUT2D eigenvalue weighted by molar-refractivity contribution is 6.11. The number of hydrogen-bond donors (Lipinski definition) is 1. The van der Waals surface area contributed by atoms with Crippen LogP contribution in [-0.2, 0) is 6.54 Å². The smallest absolute Gasteiger partial charge is 0.182 e. The molecule has 0 amide bonds. The number of benzene rings is 2. The van der Waals surface area contributed by atoms with Crippen molar-refractivity contribution in [3.8, 4) is 0 Å². The maximum Gasteiger partial charge on any atom is 0.182 e. The number of hydrogen-bond acceptors (Lipinski definition) is 2. The average molecular weight is 306 g/mol. The monoisotopic (exact) mass is 306 g/mol. The summed E-state index contributed by atoms with van der Waals surface area (Å²) in [5.41, 5.74) is 3.99. The zero-order valence-electron chi connectivity index (χ0n) is 13.8. The largest absolute Gasteiger partial charge is 0.358 e. The van der Waals surface area contributed by atoms with Gasteiger partial charge in [0.15, 0.2) is 5.78 Å². The molecule has 3 nitrogen and oxygen atoms in total. The lowest BCUT2D eigenvalue weighted by Crippen LogP contribution is -2.35. The Labute approximate surface area is 136 Å². The zero-order valence-corrected chi connectivity index (χ0v) is 13.8. The van der Waals surface area contributed by atoms with Crippen LogP contribution in [0.1, 0.15) is 28.5 Å². The van der Waals surface area contributed by atoms with Crippen molar-refractivity contribution in [3.63, 3.8) is 0 Å². The number of aromatic amines is 1. The maximum atomic E-state index is 13.0. The van der Waals surface area contributed by atoms with E-state index in [0.29, 0.717) is 0 Å². The minimum absolute atomic E-state index is 0.165. The Balaban J connectivity index is 1.85. The van der Waals surface area contributed by atoms with Gasteiger partial charge in [0, 0.05) is 28.7 Å². The summed E-state index contributed by atoms with van der Waals surface area (Å²) in [6.07, 6.45) is 0. The molecule has 0 aliphatic carbocycles. The van der Waals surface area contributed by atoms with Crippen molar-refractivity contribution in [3.05, 3.63) is 71.4 Å². The third kappa shape index (κ3) is 3.06. The summed E-state index contributed by atoms with van der Waals surface area (Å²) < 4.78 is 0. The Morgan fingerprint density at radius 2 is 1.74 bits per heavy atom. The van der Waals surface area contributed by atoms with E-state index in [2.05, 4.69) is 22.0 Å². The second-order valence-corrected chi connectivity index (χ2v) is 6.11. The summed E-state index contributed by atoms with van der Waals surface area (Å²) in [6.45, 7) is 4.71. The fraction of sp³-hybridized carbons (Fsp3) is 0.250. The number of H-pyrrole nitrogens is 1. The topological polar surface area (TPSA) is 36.1 Å². The van der Waals surface area contributed by atoms with Gasteiger partial charge in [-0.25, -0.2) is 0 Å². The minimum atomic E-state index is -0.173. The van der Waals surface area contributed by atoms with Crippen molar-refractivity contribution < 1.29 is 4.79 Å². The minimum Gasteiger partial charge on any atom is -0.358 e. The Hall–Kier alpha value is -2.39. The van der Waals surface area contributed by atoms with Crippen molar-refractivity contribution in [2.45, 2.75) is 26.4 Å². The Morgan fingerprint density at radius 3 is 2.48 bits per heavy atom. The highest BCUT2D eigenvalue weighted by atomic mass is 16.1. The molecule has 3 aromatic rings. The summed E-state index contributed by atoms with van der Waals surface area (Å²) >= 11 is 0. The van der Waals surface area contributed by atoms with Crippen molar-refractivity contribution in [2.24, 2.45) is 0 Å². The standard InChI is InChI=1S/C20H22N2O/c1-14-19(17-11-7-8-12-18(17)21-14)20(23)15(2)22(3)13-16-9-5-4-6-10-16/h4-12,15,21H,13H2,1-3H3/t15-/m1/s1. The summed E-state index contributed by atoms with van der Waals surface area (Å²) in [6, 6.07) is 18.0. The van der Waals surface area contributed by atoms with Crippen LogP contribution >= 0.6 is 0 Å². The van der Waals surface area contributed by atoms with Crippen LogP contribution in [0, 0.1) is 6.92 Å². The van der Waals surface area contributed by atoms with Gasteiger partial charge in [0.25, 0.3) is 0 Å². The Morgan fingerprint density at radius 1 is 1.09 bits per heavy atom. The number of nitrogens with one attached hydrogen (secondary N) is 1. The first-order valence-corrected chi connectivity index (χ1v) is 7.93. The molecule has 0 aliphatic heterocycles. The molecule has 0 unspecified atom stereocenters. The molecule has 0 fully saturated rings. The Bertz CT molecular complexity index is 820. The fourth-order valence-corrected chi connectivity index (χ4v) is 3.01. The van der Waals surface area contributed by atoms with Gasteiger partial charge < -0.3 is 4.98 Å². The number of likely N-dealkylation sites (N-methyl/N-ethyl adjacent to an activating group) is 1. The molecule has 0 radical (unpaired) electrons. The summed E-state index contributed by atoms with van der Waals surface area (Å²) in [5.74, 6) is 0.165. The van der Waals surface area contributed by atoms with E-state index in [4.69, 9.17) is 0 Å². The normalized spacial score (nSPS) is 12.7. The first-order valence-electron chi connectivity index (χ1n) is 7.93. The molecule has 3 rings (SSSR count). The molecule has 1 atom stereocenters. The van der Waals surface area contributed by atoms with Gasteiger partial charge in [0.05, 0.1) is 6.04 Å². The van der Waals surface area contributed by atoms with Crippen LogP contribution in [0.15, 0.2) is 54.6 Å². The van der Waals surface area contributed by atoms with Gasteiger partial charge in [-0.3, -0.25) is 9.69 Å². The number of aromatic nitrogens is 1. The molecule has 1 heterocycles. The van der Waals surface area contributed by atoms with E-state index in [1.54, 1.807) is 0 Å². The molecule has 2 aromatic carbocycles. The van der Waals surface area contributed by atoms with Crippen LogP contribution in [-0.4, -0.2) is 28.8 Å². The third-order valence-corrected chi connectivity index (χ3v) is 4.46. The average Bonchev–Trinajstić information content (AvgIpc) is 2.90. The second-order valence-electron chi connectivity index (χ2n) is 6.11. The lowest BCUT2D eigenvalue weighted by molar-refractivity contribution is 0.0863. The third-order valence-electron chi connectivity index (χ3n) is 4.46. The predicted octanol–water partition coefficient (Wildman–Crippen LogP) is 4.18. The van der Waals surface area contributed by atoms with E-state index in [0.717, 1.165) is 28.7 Å². The number of Topliss-reactive ketones (excluding diaryl/α,β-unsaturated/α-hetero) is 1. The number of carbonyl (C=O) groups is 1. The van der Waals surface area contributed by atoms with Gasteiger partial charge in [-0.05, 0) is 32.5 Å². The van der Waals surface area contributed by atoms with Crippen molar-refractivity contribution >= 4 is 16.7 Å². The van der Waals surface area contributed by atoms with E-state index in [1.807, 2.05) is 63.4 Å². The number of ketones is 1. The van der Waals surface area contributed by atoms with Crippen molar-refractivity contribution in [1.29, 1.82) is 0 Å². The molecule has 0 spiro atoms. The molecule has 23 heavy (non-hydrogen) atoms. The number of rotatable bonds is 5. The van der Waals surface area contributed by atoms with Gasteiger partial charge in [-0.1, -0.05) is 48.5 Å². The maximum absolute atomic E-state index is 13.0. The first kappa shape index (κ1) is 15.5. The van der Waals surface area contributed by atoms with Gasteiger partial charge in [-0.15, -0.1) is 0 Å². The van der Waals surface area contributed by atoms with E-state index in [-0.39, 0.29) is 11.8 Å². The van der Waals surface area contributed by atoms with Crippen LogP contribution < -0.4 is 0 Å². The van der Waals surface area contributed by atoms with Crippen LogP contribution in [0.2, 0.25) is 0 Å². The number of para-hydroxylation sites is 1. The summed E-state index contributed by atoms with van der Waals surface area (Å²) in [5, 5.41) is 1.01. The molecule has 0 aliphatic rings. The van der Waals surface area contributed by atoms with E-state index >= 15 is 0 Å². The molecular weight excluding hydrogens is 284 g/mol. The van der Waals surface area contributed by atoms with Crippen LogP contribution in [0.4, 0.5) is 0 Å². The lowest BCUT2D eigenvalue weighted by atomic mass is 10.0. The highest BCUT2D eigenvalue weighted by Crippen LogP contribution is 2.24. The molecule has 0 saturated heterocycles. The number of nitrogens with zero attached hydrogens (tertiary/aromatic N) is 1. The molecular formula is C20H22N2O. The van der Waals surface area contributed by atoms with Crippen molar-refractivity contribution in [2.75, 3.05) is 7.05 Å². The van der Waals surface area contributed by atoms with E-state index in [1.165, 1.54) is 5.56 Å². The molecule has 1 N–H and O–H groups in total. The quantitative estimate of drug-likeness (QED) is 0.718. The van der Waals surface area contributed by atoms with Gasteiger partial charge in [-0.2, -0.15) is 0 Å². The lowest BCUT2D eigenvalue weighted by Gasteiger charge is -2.23. The Kier molecular flexibility index (Phi) is 4.30. The van der Waals surface area contributed by atoms with Crippen LogP contribution in [0.5, 0.6) is 0 Å². The second kappa shape index (κ2) is 6.39. The summed E-state index contributed by atoms with van der Waals surface area (Å²) in [4.78, 5) is 18.4. The molecule has 3 heteroatoms. The van der Waals surface area contributed by atoms with Gasteiger partial charge in [0.2, 0.25) is 0 Å². The molecule has 0 saturated carbocycles. The van der Waals surface area contributed by atoms with Gasteiger partial charge in [0.1, 0.15) is 0 Å². The SMILES string of the molecule is Cc1[nH]c2ccccc2c1C(=O)[C@@H](C)N(C)Cc1ccccc1. The molecule has 1 aromatic heterocycles. The number of fused-ring (bicyclic) bond motifs is 1. The number of carbonyl (C=O) groups excluding carboxylic acids is 1. The van der Waals surface area contributed by atoms with E-state index in [9.17, 15) is 4.79 Å². The van der Waals surface area contributed by atoms with Crippen LogP contribution in [0.25, 0.3) is 10.9 Å². The number of aryl methyl sites for hydroxylation is 1. The van der Waals surface area contributed by atoms with Crippen LogP contribution in [0.3, 0.4) is 0 Å². The fourth-order valence-electron chi connectivity index (χ4n) is 3.01. The van der Waals surface area contributed by atoms with E-state index < -0.39 is 0 Å². The first-order chi connectivity index (χ1) is 11.1. The highest BCUT2D eigenvalue weighted by Gasteiger charge is 2.24.